The largest absolute Gasteiger partial charge is 0.488 e. The number of benzene rings is 2. The van der Waals surface area contributed by atoms with E-state index in [0.717, 1.165) is 10.5 Å². The highest BCUT2D eigenvalue weighted by molar-refractivity contribution is 6.42. The second kappa shape index (κ2) is 10.4. The van der Waals surface area contributed by atoms with Gasteiger partial charge in [0.25, 0.3) is 5.91 Å². The molecule has 2 heterocycles. The summed E-state index contributed by atoms with van der Waals surface area (Å²) < 4.78 is 15.8. The minimum absolute atomic E-state index is 0.0244. The van der Waals surface area contributed by atoms with Crippen LogP contribution in [-0.2, 0) is 22.7 Å². The zero-order chi connectivity index (χ0) is 25.1. The fraction of sp³-hybridized carbons (Fsp3) is 0.125. The van der Waals surface area contributed by atoms with Gasteiger partial charge in [-0.3, -0.25) is 9.69 Å². The number of amides is 3. The van der Waals surface area contributed by atoms with Gasteiger partial charge in [-0.15, -0.1) is 0 Å². The smallest absolute Gasteiger partial charge is 0.373 e. The van der Waals surface area contributed by atoms with Gasteiger partial charge in [0.1, 0.15) is 23.8 Å². The van der Waals surface area contributed by atoms with Crippen LogP contribution in [0.5, 0.6) is 5.75 Å². The van der Waals surface area contributed by atoms with Crippen LogP contribution in [0, 0.1) is 0 Å². The van der Waals surface area contributed by atoms with Gasteiger partial charge in [-0.25, -0.2) is 9.59 Å². The molecule has 3 amide bonds. The number of furan rings is 1. The molecule has 3 aromatic rings. The first-order chi connectivity index (χ1) is 16.7. The lowest BCUT2D eigenvalue weighted by molar-refractivity contribution is -0.123. The average Bonchev–Trinajstić information content (AvgIpc) is 3.40. The SMILES string of the molecule is COC(=O)c1ccc(CN2C(=O)N/C(=C\c3cc(Cl)ccc3OCc3ccc(Cl)c(Cl)c3)C2=O)o1. The van der Waals surface area contributed by atoms with Crippen molar-refractivity contribution < 1.29 is 28.3 Å². The molecular formula is C24H17Cl3N2O6. The molecule has 1 aromatic heterocycles. The summed E-state index contributed by atoms with van der Waals surface area (Å²) in [5.41, 5.74) is 1.29. The lowest BCUT2D eigenvalue weighted by Gasteiger charge is -2.11. The predicted molar refractivity (Wildman–Crippen MR) is 129 cm³/mol. The number of esters is 1. The minimum Gasteiger partial charge on any atom is -0.488 e. The molecule has 1 fully saturated rings. The van der Waals surface area contributed by atoms with E-state index in [0.29, 0.717) is 26.4 Å². The van der Waals surface area contributed by atoms with Crippen LogP contribution in [-0.4, -0.2) is 29.9 Å². The van der Waals surface area contributed by atoms with Crippen molar-refractivity contribution in [1.29, 1.82) is 0 Å². The maximum Gasteiger partial charge on any atom is 0.373 e. The van der Waals surface area contributed by atoms with Gasteiger partial charge in [0.2, 0.25) is 5.76 Å². The number of methoxy groups -OCH3 is 1. The quantitative estimate of drug-likeness (QED) is 0.237. The Labute approximate surface area is 214 Å². The van der Waals surface area contributed by atoms with E-state index in [2.05, 4.69) is 10.1 Å². The van der Waals surface area contributed by atoms with Crippen molar-refractivity contribution in [3.05, 3.63) is 91.9 Å². The molecule has 1 aliphatic heterocycles. The third-order valence-corrected chi connectivity index (χ3v) is 5.95. The highest BCUT2D eigenvalue weighted by Crippen LogP contribution is 2.29. The summed E-state index contributed by atoms with van der Waals surface area (Å²) >= 11 is 18.2. The number of urea groups is 1. The van der Waals surface area contributed by atoms with Gasteiger partial charge in [0.15, 0.2) is 0 Å². The molecule has 0 radical (unpaired) electrons. The van der Waals surface area contributed by atoms with E-state index >= 15 is 0 Å². The number of ether oxygens (including phenoxy) is 2. The third kappa shape index (κ3) is 5.62. The van der Waals surface area contributed by atoms with E-state index in [4.69, 9.17) is 44.0 Å². The fourth-order valence-electron chi connectivity index (χ4n) is 3.25. The van der Waals surface area contributed by atoms with Crippen molar-refractivity contribution in [1.82, 2.24) is 10.2 Å². The number of nitrogens with zero attached hydrogens (tertiary/aromatic N) is 1. The third-order valence-electron chi connectivity index (χ3n) is 4.97. The van der Waals surface area contributed by atoms with Crippen molar-refractivity contribution in [2.45, 2.75) is 13.2 Å². The summed E-state index contributed by atoms with van der Waals surface area (Å²) in [4.78, 5) is 37.9. The Kier molecular flexibility index (Phi) is 7.35. The van der Waals surface area contributed by atoms with E-state index in [1.165, 1.54) is 25.3 Å². The molecule has 180 valence electrons. The summed E-state index contributed by atoms with van der Waals surface area (Å²) in [7, 11) is 1.22. The maximum atomic E-state index is 12.9. The Bertz CT molecular complexity index is 1350. The van der Waals surface area contributed by atoms with E-state index < -0.39 is 17.9 Å². The normalized spacial score (nSPS) is 14.4. The van der Waals surface area contributed by atoms with E-state index in [1.807, 2.05) is 0 Å². The number of rotatable bonds is 7. The van der Waals surface area contributed by atoms with Gasteiger partial charge < -0.3 is 19.2 Å². The number of imide groups is 1. The maximum absolute atomic E-state index is 12.9. The summed E-state index contributed by atoms with van der Waals surface area (Å²) in [6.45, 7) is 0.0113. The molecule has 0 bridgehead atoms. The second-order valence-electron chi connectivity index (χ2n) is 7.36. The molecule has 0 unspecified atom stereocenters. The van der Waals surface area contributed by atoms with Crippen LogP contribution < -0.4 is 10.1 Å². The summed E-state index contributed by atoms with van der Waals surface area (Å²) in [5.74, 6) is -0.608. The summed E-state index contributed by atoms with van der Waals surface area (Å²) in [5, 5.41) is 3.78. The Hall–Kier alpha value is -3.46. The number of halogens is 3. The molecule has 11 heteroatoms. The number of hydrogen-bond acceptors (Lipinski definition) is 6. The lowest BCUT2D eigenvalue weighted by atomic mass is 10.1. The fourth-order valence-corrected chi connectivity index (χ4v) is 3.76. The van der Waals surface area contributed by atoms with Crippen molar-refractivity contribution >= 4 is 58.8 Å². The van der Waals surface area contributed by atoms with Crippen LogP contribution in [0.4, 0.5) is 4.79 Å². The first kappa shape index (κ1) is 24.7. The van der Waals surface area contributed by atoms with Crippen molar-refractivity contribution in [2.75, 3.05) is 7.11 Å². The first-order valence-corrected chi connectivity index (χ1v) is 11.3. The Morgan fingerprint density at radius 3 is 2.60 bits per heavy atom. The second-order valence-corrected chi connectivity index (χ2v) is 8.61. The number of nitrogens with one attached hydrogen (secondary N) is 1. The molecule has 2 aromatic carbocycles. The summed E-state index contributed by atoms with van der Waals surface area (Å²) in [6, 6.07) is 12.3. The van der Waals surface area contributed by atoms with Gasteiger partial charge in [-0.1, -0.05) is 40.9 Å². The Morgan fingerprint density at radius 1 is 1.06 bits per heavy atom. The molecule has 1 saturated heterocycles. The van der Waals surface area contributed by atoms with Crippen LogP contribution in [0.15, 0.2) is 58.6 Å². The van der Waals surface area contributed by atoms with E-state index in [-0.39, 0.29) is 30.4 Å². The highest BCUT2D eigenvalue weighted by atomic mass is 35.5. The average molecular weight is 536 g/mol. The molecule has 0 spiro atoms. The minimum atomic E-state index is -0.664. The lowest BCUT2D eigenvalue weighted by Crippen LogP contribution is -2.30. The van der Waals surface area contributed by atoms with Crippen LogP contribution in [0.1, 0.15) is 27.4 Å². The monoisotopic (exact) mass is 534 g/mol. The van der Waals surface area contributed by atoms with Crippen LogP contribution in [0.3, 0.4) is 0 Å². The van der Waals surface area contributed by atoms with E-state index in [1.54, 1.807) is 36.4 Å². The van der Waals surface area contributed by atoms with Crippen LogP contribution in [0.2, 0.25) is 15.1 Å². The topological polar surface area (TPSA) is 98.1 Å². The number of carbonyl (C=O) groups excluding carboxylic acids is 3. The summed E-state index contributed by atoms with van der Waals surface area (Å²) in [6.07, 6.45) is 1.47. The van der Waals surface area contributed by atoms with Crippen molar-refractivity contribution in [3.63, 3.8) is 0 Å². The van der Waals surface area contributed by atoms with Gasteiger partial charge >= 0.3 is 12.0 Å². The molecular weight excluding hydrogens is 519 g/mol. The zero-order valence-electron chi connectivity index (χ0n) is 18.1. The number of hydrogen-bond donors (Lipinski definition) is 1. The Morgan fingerprint density at radius 2 is 1.86 bits per heavy atom. The molecule has 1 N–H and O–H groups in total. The Balaban J connectivity index is 1.52. The predicted octanol–water partition coefficient (Wildman–Crippen LogP) is 5.70. The molecule has 35 heavy (non-hydrogen) atoms. The van der Waals surface area contributed by atoms with E-state index in [9.17, 15) is 14.4 Å². The van der Waals surface area contributed by atoms with Gasteiger partial charge in [0, 0.05) is 10.6 Å². The molecule has 0 saturated carbocycles. The molecule has 4 rings (SSSR count). The van der Waals surface area contributed by atoms with Gasteiger partial charge in [-0.05, 0) is 54.1 Å². The van der Waals surface area contributed by atoms with Crippen molar-refractivity contribution in [2.24, 2.45) is 0 Å². The van der Waals surface area contributed by atoms with Crippen LogP contribution in [0.25, 0.3) is 6.08 Å². The van der Waals surface area contributed by atoms with Gasteiger partial charge in [-0.2, -0.15) is 0 Å². The molecule has 8 nitrogen and oxygen atoms in total. The zero-order valence-corrected chi connectivity index (χ0v) is 20.4. The molecule has 1 aliphatic rings. The molecule has 0 atom stereocenters. The van der Waals surface area contributed by atoms with Crippen molar-refractivity contribution in [3.8, 4) is 5.75 Å². The first-order valence-electron chi connectivity index (χ1n) is 10.1. The van der Waals surface area contributed by atoms with Gasteiger partial charge in [0.05, 0.1) is 23.7 Å². The number of carbonyl (C=O) groups is 3. The molecule has 0 aliphatic carbocycles. The standard InChI is InChI=1S/C24H17Cl3N2O6/c1-33-23(31)21-7-4-16(35-21)11-29-22(30)19(28-24(29)32)10-14-9-15(25)3-6-20(14)34-12-13-2-5-17(26)18(27)8-13/h2-10H,11-12H2,1H3,(H,28,32)/b19-10-. The highest BCUT2D eigenvalue weighted by Gasteiger charge is 2.34. The van der Waals surface area contributed by atoms with Crippen LogP contribution >= 0.6 is 34.8 Å².